The third-order valence-electron chi connectivity index (χ3n) is 2.74. The molecule has 1 N–H and O–H groups in total. The molecule has 0 saturated heterocycles. The SMILES string of the molecule is N#Cc1ccc(F)c(COc2ccc(CO)cc2Cl)c1. The first-order valence-corrected chi connectivity index (χ1v) is 6.22. The standard InChI is InChI=1S/C15H11ClFNO2/c16-13-6-11(8-19)2-4-15(13)20-9-12-5-10(7-18)1-3-14(12)17/h1-6,19H,8-9H2. The Morgan fingerprint density at radius 2 is 2.05 bits per heavy atom. The minimum Gasteiger partial charge on any atom is -0.487 e. The average molecular weight is 292 g/mol. The molecule has 0 aliphatic heterocycles. The molecule has 0 aliphatic carbocycles. The van der Waals surface area contributed by atoms with Crippen LogP contribution in [0.4, 0.5) is 4.39 Å². The van der Waals surface area contributed by atoms with E-state index in [0.717, 1.165) is 0 Å². The van der Waals surface area contributed by atoms with Crippen LogP contribution in [-0.4, -0.2) is 5.11 Å². The van der Waals surface area contributed by atoms with Gasteiger partial charge in [0.1, 0.15) is 18.2 Å². The number of aliphatic hydroxyl groups is 1. The van der Waals surface area contributed by atoms with E-state index in [9.17, 15) is 4.39 Å². The molecule has 20 heavy (non-hydrogen) atoms. The van der Waals surface area contributed by atoms with Crippen LogP contribution in [0.3, 0.4) is 0 Å². The van der Waals surface area contributed by atoms with E-state index >= 15 is 0 Å². The second-order valence-corrected chi connectivity index (χ2v) is 4.54. The highest BCUT2D eigenvalue weighted by Crippen LogP contribution is 2.26. The van der Waals surface area contributed by atoms with E-state index < -0.39 is 5.82 Å². The van der Waals surface area contributed by atoms with Crippen LogP contribution >= 0.6 is 11.6 Å². The minimum atomic E-state index is -0.438. The van der Waals surface area contributed by atoms with E-state index in [-0.39, 0.29) is 18.8 Å². The van der Waals surface area contributed by atoms with Crippen LogP contribution < -0.4 is 4.74 Å². The van der Waals surface area contributed by atoms with Crippen molar-refractivity contribution in [1.29, 1.82) is 5.26 Å². The zero-order valence-electron chi connectivity index (χ0n) is 10.4. The number of ether oxygens (including phenoxy) is 1. The van der Waals surface area contributed by atoms with Crippen molar-refractivity contribution in [1.82, 2.24) is 0 Å². The summed E-state index contributed by atoms with van der Waals surface area (Å²) in [5.41, 5.74) is 1.32. The third kappa shape index (κ3) is 3.27. The first-order valence-electron chi connectivity index (χ1n) is 5.84. The summed E-state index contributed by atoms with van der Waals surface area (Å²) in [4.78, 5) is 0. The van der Waals surface area contributed by atoms with Gasteiger partial charge in [-0.3, -0.25) is 0 Å². The predicted molar refractivity (Wildman–Crippen MR) is 72.8 cm³/mol. The van der Waals surface area contributed by atoms with Gasteiger partial charge >= 0.3 is 0 Å². The highest BCUT2D eigenvalue weighted by atomic mass is 35.5. The average Bonchev–Trinajstić information content (AvgIpc) is 2.47. The van der Waals surface area contributed by atoms with Crippen molar-refractivity contribution in [3.05, 3.63) is 63.9 Å². The van der Waals surface area contributed by atoms with Gasteiger partial charge in [-0.1, -0.05) is 17.7 Å². The first-order chi connectivity index (χ1) is 9.63. The van der Waals surface area contributed by atoms with Crippen LogP contribution in [0.15, 0.2) is 36.4 Å². The molecule has 2 aromatic carbocycles. The van der Waals surface area contributed by atoms with Crippen LogP contribution in [0.25, 0.3) is 0 Å². The number of nitrogens with zero attached hydrogens (tertiary/aromatic N) is 1. The van der Waals surface area contributed by atoms with Gasteiger partial charge in [0.15, 0.2) is 0 Å². The number of hydrogen-bond acceptors (Lipinski definition) is 3. The fourth-order valence-electron chi connectivity index (χ4n) is 1.67. The quantitative estimate of drug-likeness (QED) is 0.939. The molecular weight excluding hydrogens is 281 g/mol. The summed E-state index contributed by atoms with van der Waals surface area (Å²) in [6.07, 6.45) is 0. The molecule has 0 aromatic heterocycles. The van der Waals surface area contributed by atoms with Gasteiger partial charge in [0.05, 0.1) is 23.3 Å². The monoisotopic (exact) mass is 291 g/mol. The molecule has 0 unspecified atom stereocenters. The summed E-state index contributed by atoms with van der Waals surface area (Å²) in [6.45, 7) is -0.140. The molecule has 3 nitrogen and oxygen atoms in total. The van der Waals surface area contributed by atoms with Gasteiger partial charge in [0.25, 0.3) is 0 Å². The van der Waals surface area contributed by atoms with Crippen molar-refractivity contribution < 1.29 is 14.2 Å². The Balaban J connectivity index is 2.15. The highest BCUT2D eigenvalue weighted by Gasteiger charge is 2.07. The van der Waals surface area contributed by atoms with E-state index in [0.29, 0.717) is 21.9 Å². The second-order valence-electron chi connectivity index (χ2n) is 4.13. The summed E-state index contributed by atoms with van der Waals surface area (Å²) in [7, 11) is 0. The largest absolute Gasteiger partial charge is 0.487 e. The van der Waals surface area contributed by atoms with Crippen LogP contribution in [0.5, 0.6) is 5.75 Å². The summed E-state index contributed by atoms with van der Waals surface area (Å²) >= 11 is 5.99. The smallest absolute Gasteiger partial charge is 0.138 e. The lowest BCUT2D eigenvalue weighted by Gasteiger charge is -2.10. The molecule has 2 rings (SSSR count). The fourth-order valence-corrected chi connectivity index (χ4v) is 1.93. The maximum absolute atomic E-state index is 13.6. The number of nitriles is 1. The molecular formula is C15H11ClFNO2. The van der Waals surface area contributed by atoms with Gasteiger partial charge in [-0.2, -0.15) is 5.26 Å². The molecule has 5 heteroatoms. The first kappa shape index (κ1) is 14.3. The molecule has 0 heterocycles. The molecule has 0 atom stereocenters. The molecule has 0 fully saturated rings. The van der Waals surface area contributed by atoms with Crippen molar-refractivity contribution in [2.45, 2.75) is 13.2 Å². The van der Waals surface area contributed by atoms with Crippen molar-refractivity contribution in [2.75, 3.05) is 0 Å². The lowest BCUT2D eigenvalue weighted by Crippen LogP contribution is -2.00. The lowest BCUT2D eigenvalue weighted by atomic mass is 10.1. The van der Waals surface area contributed by atoms with E-state index in [1.54, 1.807) is 18.2 Å². The Bertz CT molecular complexity index is 667. The Labute approximate surface area is 120 Å². The van der Waals surface area contributed by atoms with Gasteiger partial charge < -0.3 is 9.84 Å². The molecule has 0 aliphatic rings. The molecule has 102 valence electrons. The van der Waals surface area contributed by atoms with Gasteiger partial charge in [-0.25, -0.2) is 4.39 Å². The Hall–Kier alpha value is -2.09. The maximum atomic E-state index is 13.6. The van der Waals surface area contributed by atoms with Gasteiger partial charge in [-0.15, -0.1) is 0 Å². The number of halogens is 2. The second kappa shape index (κ2) is 6.38. The molecule has 0 spiro atoms. The zero-order chi connectivity index (χ0) is 14.5. The van der Waals surface area contributed by atoms with Crippen LogP contribution in [0.1, 0.15) is 16.7 Å². The number of hydrogen-bond donors (Lipinski definition) is 1. The van der Waals surface area contributed by atoms with Crippen molar-refractivity contribution in [3.63, 3.8) is 0 Å². The topological polar surface area (TPSA) is 53.2 Å². The Kier molecular flexibility index (Phi) is 4.57. The molecule has 2 aromatic rings. The number of benzene rings is 2. The molecule has 0 amide bonds. The van der Waals surface area contributed by atoms with E-state index in [1.165, 1.54) is 18.2 Å². The maximum Gasteiger partial charge on any atom is 0.138 e. The van der Waals surface area contributed by atoms with Gasteiger partial charge in [0.2, 0.25) is 0 Å². The van der Waals surface area contributed by atoms with Crippen molar-refractivity contribution in [3.8, 4) is 11.8 Å². The minimum absolute atomic E-state index is 0.0282. The highest BCUT2D eigenvalue weighted by molar-refractivity contribution is 6.32. The van der Waals surface area contributed by atoms with E-state index in [4.69, 9.17) is 26.7 Å². The van der Waals surface area contributed by atoms with Crippen molar-refractivity contribution >= 4 is 11.6 Å². The summed E-state index contributed by atoms with van der Waals surface area (Å²) in [6, 6.07) is 10.9. The normalized spacial score (nSPS) is 10.1. The van der Waals surface area contributed by atoms with Crippen LogP contribution in [-0.2, 0) is 13.2 Å². The summed E-state index contributed by atoms with van der Waals surface area (Å²) in [5.74, 6) is -0.0438. The number of rotatable bonds is 4. The summed E-state index contributed by atoms with van der Waals surface area (Å²) in [5, 5.41) is 18.1. The molecule has 0 bridgehead atoms. The Morgan fingerprint density at radius 3 is 2.70 bits per heavy atom. The van der Waals surface area contributed by atoms with Gasteiger partial charge in [0, 0.05) is 5.56 Å². The zero-order valence-corrected chi connectivity index (χ0v) is 11.2. The fraction of sp³-hybridized carbons (Fsp3) is 0.133. The molecule has 0 saturated carbocycles. The summed E-state index contributed by atoms with van der Waals surface area (Å²) < 4.78 is 19.0. The van der Waals surface area contributed by atoms with Crippen LogP contribution in [0.2, 0.25) is 5.02 Å². The Morgan fingerprint density at radius 1 is 1.25 bits per heavy atom. The molecule has 0 radical (unpaired) electrons. The van der Waals surface area contributed by atoms with E-state index in [1.807, 2.05) is 6.07 Å². The van der Waals surface area contributed by atoms with Crippen LogP contribution in [0, 0.1) is 17.1 Å². The number of aliphatic hydroxyl groups excluding tert-OH is 1. The third-order valence-corrected chi connectivity index (χ3v) is 3.03. The van der Waals surface area contributed by atoms with Gasteiger partial charge in [-0.05, 0) is 35.9 Å². The predicted octanol–water partition coefficient (Wildman–Crippen LogP) is 3.42. The lowest BCUT2D eigenvalue weighted by molar-refractivity contribution is 0.280. The van der Waals surface area contributed by atoms with E-state index in [2.05, 4.69) is 0 Å². The van der Waals surface area contributed by atoms with Crippen molar-refractivity contribution in [2.24, 2.45) is 0 Å².